The summed E-state index contributed by atoms with van der Waals surface area (Å²) in [5, 5.41) is 13.6. The summed E-state index contributed by atoms with van der Waals surface area (Å²) in [5.41, 5.74) is 3.53. The van der Waals surface area contributed by atoms with E-state index in [0.29, 0.717) is 10.3 Å². The van der Waals surface area contributed by atoms with Crippen molar-refractivity contribution < 1.29 is 4.79 Å². The third-order valence-electron chi connectivity index (χ3n) is 4.68. The zero-order valence-corrected chi connectivity index (χ0v) is 18.0. The van der Waals surface area contributed by atoms with Gasteiger partial charge >= 0.3 is 0 Å². The second-order valence-electron chi connectivity index (χ2n) is 7.07. The minimum absolute atomic E-state index is 0.146. The lowest BCUT2D eigenvalue weighted by Gasteiger charge is -2.10. The van der Waals surface area contributed by atoms with E-state index in [4.69, 9.17) is 4.98 Å². The van der Waals surface area contributed by atoms with Crippen LogP contribution >= 0.6 is 23.1 Å². The molecule has 5 aromatic rings. The number of thiazole rings is 1. The summed E-state index contributed by atoms with van der Waals surface area (Å²) < 4.78 is 3.20. The van der Waals surface area contributed by atoms with Crippen molar-refractivity contribution in [2.75, 3.05) is 11.1 Å². The molecule has 0 saturated carbocycles. The van der Waals surface area contributed by atoms with Gasteiger partial charge in [-0.2, -0.15) is 0 Å². The maximum absolute atomic E-state index is 12.4. The van der Waals surface area contributed by atoms with Gasteiger partial charge in [-0.25, -0.2) is 9.97 Å². The summed E-state index contributed by atoms with van der Waals surface area (Å²) >= 11 is 2.72. The van der Waals surface area contributed by atoms with Crippen LogP contribution in [0.2, 0.25) is 0 Å². The number of benzene rings is 2. The van der Waals surface area contributed by atoms with Crippen molar-refractivity contribution in [2.24, 2.45) is 0 Å². The minimum Gasteiger partial charge on any atom is -0.321 e. The van der Waals surface area contributed by atoms with E-state index >= 15 is 0 Å². The Hall–Kier alpha value is -3.04. The largest absolute Gasteiger partial charge is 0.321 e. The zero-order chi connectivity index (χ0) is 20.7. The normalized spacial score (nSPS) is 11.7. The third-order valence-corrected chi connectivity index (χ3v) is 6.47. The molecular weight excluding hydrogens is 416 g/mol. The van der Waals surface area contributed by atoms with Gasteiger partial charge in [0.05, 0.1) is 21.5 Å². The Balaban J connectivity index is 1.36. The number of carbonyl (C=O) groups excluding carboxylic acids is 1. The Kier molecular flexibility index (Phi) is 4.84. The molecule has 2 aromatic carbocycles. The highest BCUT2D eigenvalue weighted by atomic mass is 32.2. The van der Waals surface area contributed by atoms with Gasteiger partial charge < -0.3 is 9.88 Å². The molecule has 7 nitrogen and oxygen atoms in total. The van der Waals surface area contributed by atoms with Gasteiger partial charge in [0, 0.05) is 11.4 Å². The van der Waals surface area contributed by atoms with Gasteiger partial charge in [0.2, 0.25) is 11.1 Å². The predicted octanol–water partition coefficient (Wildman–Crippen LogP) is 4.90. The van der Waals surface area contributed by atoms with E-state index in [9.17, 15) is 4.79 Å². The molecular formula is C21H18N6OS2. The second-order valence-corrected chi connectivity index (χ2v) is 9.04. The van der Waals surface area contributed by atoms with Crippen LogP contribution < -0.4 is 5.32 Å². The summed E-state index contributed by atoms with van der Waals surface area (Å²) in [7, 11) is 0. The molecule has 150 valence electrons. The molecule has 1 amide bonds. The molecule has 0 aliphatic heterocycles. The molecule has 0 spiro atoms. The quantitative estimate of drug-likeness (QED) is 0.396. The van der Waals surface area contributed by atoms with Crippen LogP contribution in [0.15, 0.2) is 53.7 Å². The van der Waals surface area contributed by atoms with Gasteiger partial charge in [-0.3, -0.25) is 4.79 Å². The van der Waals surface area contributed by atoms with Crippen molar-refractivity contribution in [2.45, 2.75) is 25.0 Å². The zero-order valence-electron chi connectivity index (χ0n) is 16.4. The van der Waals surface area contributed by atoms with Crippen molar-refractivity contribution in [1.82, 2.24) is 24.7 Å². The standard InChI is InChI=1S/C21H18N6OS2/c1-12(2)27-15-9-5-3-7-13(15)18-19(27)24-21(26-25-18)29-11-17(28)23-20-22-14-8-4-6-10-16(14)30-20/h3-10,12H,11H2,1-2H3,(H,22,23,28). The van der Waals surface area contributed by atoms with Crippen molar-refractivity contribution >= 4 is 66.4 Å². The van der Waals surface area contributed by atoms with Crippen LogP contribution in [0.4, 0.5) is 5.13 Å². The topological polar surface area (TPSA) is 85.6 Å². The fourth-order valence-corrected chi connectivity index (χ4v) is 4.90. The van der Waals surface area contributed by atoms with Gasteiger partial charge in [0.25, 0.3) is 0 Å². The Labute approximate surface area is 180 Å². The first-order valence-electron chi connectivity index (χ1n) is 9.52. The number of para-hydroxylation sites is 2. The number of hydrogen-bond donors (Lipinski definition) is 1. The first-order valence-corrected chi connectivity index (χ1v) is 11.3. The van der Waals surface area contributed by atoms with E-state index in [1.165, 1.54) is 23.1 Å². The van der Waals surface area contributed by atoms with Gasteiger partial charge in [0.1, 0.15) is 5.52 Å². The molecule has 0 aliphatic rings. The third kappa shape index (κ3) is 3.40. The van der Waals surface area contributed by atoms with Crippen molar-refractivity contribution in [3.8, 4) is 0 Å². The first kappa shape index (κ1) is 19.0. The molecule has 0 fully saturated rings. The Morgan fingerprint density at radius 3 is 2.73 bits per heavy atom. The molecule has 0 unspecified atom stereocenters. The molecule has 0 aliphatic carbocycles. The fraction of sp³-hybridized carbons (Fsp3) is 0.190. The van der Waals surface area contributed by atoms with Gasteiger partial charge in [-0.15, -0.1) is 10.2 Å². The number of fused-ring (bicyclic) bond motifs is 4. The summed E-state index contributed by atoms with van der Waals surface area (Å²) in [6, 6.07) is 16.1. The smallest absolute Gasteiger partial charge is 0.236 e. The summed E-state index contributed by atoms with van der Waals surface area (Å²) in [4.78, 5) is 21.5. The highest BCUT2D eigenvalue weighted by Crippen LogP contribution is 2.30. The van der Waals surface area contributed by atoms with E-state index in [2.05, 4.69) is 45.0 Å². The Morgan fingerprint density at radius 2 is 1.90 bits per heavy atom. The van der Waals surface area contributed by atoms with E-state index < -0.39 is 0 Å². The van der Waals surface area contributed by atoms with Crippen molar-refractivity contribution in [1.29, 1.82) is 0 Å². The van der Waals surface area contributed by atoms with Crippen LogP contribution in [0.3, 0.4) is 0 Å². The lowest BCUT2D eigenvalue weighted by molar-refractivity contribution is -0.113. The number of rotatable bonds is 5. The van der Waals surface area contributed by atoms with Crippen LogP contribution in [0.25, 0.3) is 32.3 Å². The Morgan fingerprint density at radius 1 is 1.10 bits per heavy atom. The number of nitrogens with one attached hydrogen (secondary N) is 1. The maximum atomic E-state index is 12.4. The molecule has 9 heteroatoms. The number of amides is 1. The SMILES string of the molecule is CC(C)n1c2ccccc2c2nnc(SCC(=O)Nc3nc4ccccc4s3)nc21. The minimum atomic E-state index is -0.146. The van der Waals surface area contributed by atoms with Gasteiger partial charge in [-0.1, -0.05) is 53.4 Å². The number of carbonyl (C=O) groups is 1. The molecule has 0 radical (unpaired) electrons. The van der Waals surface area contributed by atoms with E-state index in [1.54, 1.807) is 0 Å². The van der Waals surface area contributed by atoms with E-state index in [-0.39, 0.29) is 17.7 Å². The van der Waals surface area contributed by atoms with Crippen LogP contribution in [0.5, 0.6) is 0 Å². The van der Waals surface area contributed by atoms with Crippen molar-refractivity contribution in [3.05, 3.63) is 48.5 Å². The molecule has 3 heterocycles. The number of nitrogens with zero attached hydrogens (tertiary/aromatic N) is 5. The summed E-state index contributed by atoms with van der Waals surface area (Å²) in [5.74, 6) is 0.0394. The monoisotopic (exact) mass is 434 g/mol. The van der Waals surface area contributed by atoms with Crippen LogP contribution in [-0.4, -0.2) is 36.4 Å². The fourth-order valence-electron chi connectivity index (χ4n) is 3.44. The van der Waals surface area contributed by atoms with Crippen LogP contribution in [0, 0.1) is 0 Å². The second kappa shape index (κ2) is 7.66. The lowest BCUT2D eigenvalue weighted by atomic mass is 10.2. The lowest BCUT2D eigenvalue weighted by Crippen LogP contribution is -2.14. The van der Waals surface area contributed by atoms with E-state index in [0.717, 1.165) is 32.3 Å². The van der Waals surface area contributed by atoms with Crippen molar-refractivity contribution in [3.63, 3.8) is 0 Å². The van der Waals surface area contributed by atoms with E-state index in [1.807, 2.05) is 42.5 Å². The average molecular weight is 435 g/mol. The summed E-state index contributed by atoms with van der Waals surface area (Å²) in [6.07, 6.45) is 0. The molecule has 0 saturated heterocycles. The molecule has 1 N–H and O–H groups in total. The number of anilines is 1. The molecule has 5 rings (SSSR count). The molecule has 0 atom stereocenters. The predicted molar refractivity (Wildman–Crippen MR) is 122 cm³/mol. The first-order chi connectivity index (χ1) is 14.6. The highest BCUT2D eigenvalue weighted by molar-refractivity contribution is 7.99. The number of hydrogen-bond acceptors (Lipinski definition) is 7. The summed E-state index contributed by atoms with van der Waals surface area (Å²) in [6.45, 7) is 4.23. The average Bonchev–Trinajstić information content (AvgIpc) is 3.29. The molecule has 0 bridgehead atoms. The van der Waals surface area contributed by atoms with Crippen LogP contribution in [0.1, 0.15) is 19.9 Å². The number of aromatic nitrogens is 5. The molecule has 30 heavy (non-hydrogen) atoms. The number of thioether (sulfide) groups is 1. The maximum Gasteiger partial charge on any atom is 0.236 e. The van der Waals surface area contributed by atoms with Crippen LogP contribution in [-0.2, 0) is 4.79 Å². The van der Waals surface area contributed by atoms with Gasteiger partial charge in [-0.05, 0) is 32.0 Å². The van der Waals surface area contributed by atoms with Gasteiger partial charge in [0.15, 0.2) is 10.8 Å². The Bertz CT molecular complexity index is 1360. The molecule has 3 aromatic heterocycles. The highest BCUT2D eigenvalue weighted by Gasteiger charge is 2.17.